The molecule has 6 nitrogen and oxygen atoms in total. The van der Waals surface area contributed by atoms with Gasteiger partial charge in [0.15, 0.2) is 0 Å². The van der Waals surface area contributed by atoms with Gasteiger partial charge < -0.3 is 0 Å². The Balaban J connectivity index is 1.84. The molecule has 0 unspecified atom stereocenters. The third-order valence-electron chi connectivity index (χ3n) is 4.31. The Hall–Kier alpha value is -1.98. The van der Waals surface area contributed by atoms with E-state index in [9.17, 15) is 14.9 Å². The number of hydrogen-bond donors (Lipinski definition) is 0. The lowest BCUT2D eigenvalue weighted by Gasteiger charge is -2.17. The molecular formula is C15H19N3O3. The van der Waals surface area contributed by atoms with Crippen molar-refractivity contribution in [3.8, 4) is 0 Å². The van der Waals surface area contributed by atoms with Crippen molar-refractivity contribution >= 4 is 5.91 Å². The molecule has 0 aromatic carbocycles. The molecule has 2 aliphatic rings. The molecule has 0 saturated heterocycles. The van der Waals surface area contributed by atoms with Crippen LogP contribution in [0.3, 0.4) is 0 Å². The van der Waals surface area contributed by atoms with Gasteiger partial charge in [-0.2, -0.15) is 0 Å². The van der Waals surface area contributed by atoms with Gasteiger partial charge in [-0.25, -0.2) is 0 Å². The molecule has 21 heavy (non-hydrogen) atoms. The first kappa shape index (κ1) is 14.0. The number of nitrogens with zero attached hydrogens (tertiary/aromatic N) is 3. The normalized spacial score (nSPS) is 26.6. The number of pyridine rings is 1. The van der Waals surface area contributed by atoms with Gasteiger partial charge in [-0.15, -0.1) is 0 Å². The Morgan fingerprint density at radius 2 is 2.05 bits per heavy atom. The smallest absolute Gasteiger partial charge is 0.242 e. The van der Waals surface area contributed by atoms with Crippen LogP contribution in [0.2, 0.25) is 0 Å². The van der Waals surface area contributed by atoms with Crippen molar-refractivity contribution in [1.29, 1.82) is 0 Å². The maximum atomic E-state index is 12.4. The van der Waals surface area contributed by atoms with Crippen molar-refractivity contribution in [2.45, 2.75) is 50.6 Å². The lowest BCUT2D eigenvalue weighted by molar-refractivity contribution is -0.497. The average molecular weight is 289 g/mol. The minimum atomic E-state index is -0.715. The molecule has 6 heteroatoms. The van der Waals surface area contributed by atoms with Crippen LogP contribution in [-0.4, -0.2) is 27.5 Å². The molecule has 112 valence electrons. The first-order chi connectivity index (χ1) is 10.2. The van der Waals surface area contributed by atoms with Crippen LogP contribution in [0.15, 0.2) is 29.4 Å². The van der Waals surface area contributed by atoms with Crippen molar-refractivity contribution in [3.05, 3.63) is 40.0 Å². The number of hydrogen-bond acceptors (Lipinski definition) is 4. The monoisotopic (exact) mass is 289 g/mol. The largest absolute Gasteiger partial charge is 0.273 e. The molecule has 0 radical (unpaired) electrons. The number of carbonyl (C=O) groups is 1. The van der Waals surface area contributed by atoms with Gasteiger partial charge in [0.1, 0.15) is 11.4 Å². The summed E-state index contributed by atoms with van der Waals surface area (Å²) in [5.41, 5.74) is 0.628. The van der Waals surface area contributed by atoms with Crippen LogP contribution in [0.4, 0.5) is 0 Å². The summed E-state index contributed by atoms with van der Waals surface area (Å²) in [5, 5.41) is 10.7. The Morgan fingerprint density at radius 3 is 2.71 bits per heavy atom. The minimum Gasteiger partial charge on any atom is -0.273 e. The molecule has 2 aliphatic carbocycles. The second kappa shape index (κ2) is 5.79. The first-order valence-corrected chi connectivity index (χ1v) is 7.56. The molecular weight excluding hydrogens is 270 g/mol. The van der Waals surface area contributed by atoms with Crippen LogP contribution in [0, 0.1) is 16.0 Å². The van der Waals surface area contributed by atoms with Gasteiger partial charge in [-0.3, -0.25) is 24.5 Å². The SMILES string of the molecule is O=C([C@H]1C[C@@H]1[N+](=O)[O-])n1ccccc1=NC1CCCCC1. The van der Waals surface area contributed by atoms with Crippen molar-refractivity contribution in [2.75, 3.05) is 0 Å². The minimum absolute atomic E-state index is 0.202. The van der Waals surface area contributed by atoms with Crippen LogP contribution in [-0.2, 0) is 0 Å². The van der Waals surface area contributed by atoms with Crippen molar-refractivity contribution < 1.29 is 9.72 Å². The topological polar surface area (TPSA) is 77.5 Å². The third-order valence-corrected chi connectivity index (χ3v) is 4.31. The summed E-state index contributed by atoms with van der Waals surface area (Å²) in [4.78, 5) is 27.4. The number of aromatic nitrogens is 1. The molecule has 1 aromatic heterocycles. The van der Waals surface area contributed by atoms with Gasteiger partial charge in [0, 0.05) is 17.5 Å². The summed E-state index contributed by atoms with van der Waals surface area (Å²) in [5.74, 6) is -0.695. The molecule has 1 aromatic rings. The Morgan fingerprint density at radius 1 is 1.29 bits per heavy atom. The van der Waals surface area contributed by atoms with E-state index in [0.717, 1.165) is 12.8 Å². The van der Waals surface area contributed by atoms with Gasteiger partial charge in [0.2, 0.25) is 11.9 Å². The van der Waals surface area contributed by atoms with Crippen LogP contribution in [0.5, 0.6) is 0 Å². The fourth-order valence-corrected chi connectivity index (χ4v) is 2.98. The standard InChI is InChI=1S/C15H19N3O3/c19-15(12-10-13(12)18(20)21)17-9-5-4-8-14(17)16-11-6-2-1-3-7-11/h4-5,8-9,11-13H,1-3,6-7,10H2/t12-,13-/m0/s1. The molecule has 3 rings (SSSR count). The fourth-order valence-electron chi connectivity index (χ4n) is 2.98. The summed E-state index contributed by atoms with van der Waals surface area (Å²) >= 11 is 0. The molecule has 2 saturated carbocycles. The van der Waals surface area contributed by atoms with Gasteiger partial charge in [0.25, 0.3) is 0 Å². The zero-order valence-corrected chi connectivity index (χ0v) is 11.9. The van der Waals surface area contributed by atoms with Gasteiger partial charge in [-0.1, -0.05) is 25.3 Å². The Bertz CT molecular complexity index is 617. The van der Waals surface area contributed by atoms with E-state index in [0.29, 0.717) is 11.9 Å². The molecule has 1 heterocycles. The lowest BCUT2D eigenvalue weighted by Crippen LogP contribution is -2.31. The summed E-state index contributed by atoms with van der Waals surface area (Å²) in [7, 11) is 0. The van der Waals surface area contributed by atoms with Crippen LogP contribution >= 0.6 is 0 Å². The second-order valence-electron chi connectivity index (χ2n) is 5.88. The number of nitro groups is 1. The second-order valence-corrected chi connectivity index (χ2v) is 5.88. The van der Waals surface area contributed by atoms with E-state index in [1.165, 1.54) is 23.8 Å². The predicted molar refractivity (Wildman–Crippen MR) is 76.4 cm³/mol. The highest BCUT2D eigenvalue weighted by atomic mass is 16.6. The highest BCUT2D eigenvalue weighted by Gasteiger charge is 2.53. The summed E-state index contributed by atoms with van der Waals surface area (Å²) < 4.78 is 1.49. The number of carbonyl (C=O) groups excluding carboxylic acids is 1. The van der Waals surface area contributed by atoms with Crippen molar-refractivity contribution in [1.82, 2.24) is 4.57 Å². The molecule has 0 aliphatic heterocycles. The molecule has 0 N–H and O–H groups in total. The van der Waals surface area contributed by atoms with E-state index in [4.69, 9.17) is 4.99 Å². The molecule has 0 amide bonds. The highest BCUT2D eigenvalue weighted by molar-refractivity contribution is 5.84. The van der Waals surface area contributed by atoms with Crippen molar-refractivity contribution in [2.24, 2.45) is 10.9 Å². The number of rotatable bonds is 3. The zero-order chi connectivity index (χ0) is 14.8. The van der Waals surface area contributed by atoms with Crippen LogP contribution in [0.1, 0.15) is 43.3 Å². The Kier molecular flexibility index (Phi) is 3.86. The van der Waals surface area contributed by atoms with E-state index < -0.39 is 12.0 Å². The maximum absolute atomic E-state index is 12.4. The molecule has 0 spiro atoms. The van der Waals surface area contributed by atoms with E-state index >= 15 is 0 Å². The first-order valence-electron chi connectivity index (χ1n) is 7.56. The van der Waals surface area contributed by atoms with Gasteiger partial charge in [0.05, 0.1) is 6.04 Å². The Labute approximate surface area is 122 Å². The predicted octanol–water partition coefficient (Wildman–Crippen LogP) is 2.03. The summed E-state index contributed by atoms with van der Waals surface area (Å²) in [6.07, 6.45) is 7.75. The summed E-state index contributed by atoms with van der Waals surface area (Å²) in [6, 6.07) is 4.99. The zero-order valence-electron chi connectivity index (χ0n) is 11.9. The van der Waals surface area contributed by atoms with E-state index in [1.807, 2.05) is 12.1 Å². The maximum Gasteiger partial charge on any atom is 0.242 e. The van der Waals surface area contributed by atoms with E-state index in [2.05, 4.69) is 0 Å². The molecule has 0 bridgehead atoms. The summed E-state index contributed by atoms with van der Waals surface area (Å²) in [6.45, 7) is 0. The fraction of sp³-hybridized carbons (Fsp3) is 0.600. The van der Waals surface area contributed by atoms with Crippen molar-refractivity contribution in [3.63, 3.8) is 0 Å². The highest BCUT2D eigenvalue weighted by Crippen LogP contribution is 2.34. The molecule has 2 fully saturated rings. The van der Waals surface area contributed by atoms with E-state index in [-0.39, 0.29) is 16.9 Å². The quantitative estimate of drug-likeness (QED) is 0.631. The van der Waals surface area contributed by atoms with Gasteiger partial charge in [-0.05, 0) is 25.0 Å². The van der Waals surface area contributed by atoms with Crippen LogP contribution < -0.4 is 5.49 Å². The molecule has 2 atom stereocenters. The average Bonchev–Trinajstić information content (AvgIpc) is 3.29. The van der Waals surface area contributed by atoms with E-state index in [1.54, 1.807) is 12.3 Å². The van der Waals surface area contributed by atoms with Gasteiger partial charge >= 0.3 is 0 Å². The lowest BCUT2D eigenvalue weighted by atomic mass is 9.96. The van der Waals surface area contributed by atoms with Crippen LogP contribution in [0.25, 0.3) is 0 Å². The third kappa shape index (κ3) is 3.04.